The fraction of sp³-hybridized carbons (Fsp3) is 0.400. The van der Waals surface area contributed by atoms with Crippen molar-refractivity contribution in [3.8, 4) is 11.3 Å². The van der Waals surface area contributed by atoms with Gasteiger partial charge in [0.2, 0.25) is 0 Å². The molecule has 0 radical (unpaired) electrons. The summed E-state index contributed by atoms with van der Waals surface area (Å²) >= 11 is 1.30. The molecule has 0 aliphatic carbocycles. The van der Waals surface area contributed by atoms with Crippen molar-refractivity contribution in [2.24, 2.45) is 0 Å². The lowest BCUT2D eigenvalue weighted by molar-refractivity contribution is 0.0869. The number of benzene rings is 1. The largest absolute Gasteiger partial charge is 0.394 e. The fourth-order valence-electron chi connectivity index (χ4n) is 2.13. The zero-order valence-electron chi connectivity index (χ0n) is 11.5. The third-order valence-electron chi connectivity index (χ3n) is 3.03. The van der Waals surface area contributed by atoms with Gasteiger partial charge in [-0.25, -0.2) is 0 Å². The molecule has 0 aliphatic heterocycles. The molecular weight excluding hydrogens is 274 g/mol. The molecule has 1 aromatic heterocycles. The van der Waals surface area contributed by atoms with Crippen molar-refractivity contribution in [2.75, 3.05) is 19.8 Å². The van der Waals surface area contributed by atoms with Crippen molar-refractivity contribution >= 4 is 11.3 Å². The maximum atomic E-state index is 12.1. The molecule has 2 aromatic rings. The molecule has 0 bridgehead atoms. The Balaban J connectivity index is 2.31. The van der Waals surface area contributed by atoms with E-state index in [0.29, 0.717) is 19.8 Å². The number of aryl methyl sites for hydroxylation is 1. The SMILES string of the molecule is CCc1sc(=O)n(CCOCCO)c1-c1ccccc1. The lowest BCUT2D eigenvalue weighted by atomic mass is 10.1. The highest BCUT2D eigenvalue weighted by Gasteiger charge is 2.14. The van der Waals surface area contributed by atoms with E-state index in [4.69, 9.17) is 9.84 Å². The van der Waals surface area contributed by atoms with Crippen LogP contribution in [-0.2, 0) is 17.7 Å². The first-order valence-electron chi connectivity index (χ1n) is 6.74. The molecule has 5 heteroatoms. The number of thiazole rings is 1. The maximum absolute atomic E-state index is 12.1. The average Bonchev–Trinajstić information content (AvgIpc) is 2.81. The third-order valence-corrected chi connectivity index (χ3v) is 4.15. The van der Waals surface area contributed by atoms with Gasteiger partial charge in [0.05, 0.1) is 32.1 Å². The Labute approximate surface area is 122 Å². The van der Waals surface area contributed by atoms with Gasteiger partial charge in [0.25, 0.3) is 0 Å². The summed E-state index contributed by atoms with van der Waals surface area (Å²) in [7, 11) is 0. The number of rotatable bonds is 7. The zero-order chi connectivity index (χ0) is 14.4. The van der Waals surface area contributed by atoms with Gasteiger partial charge >= 0.3 is 4.87 Å². The van der Waals surface area contributed by atoms with E-state index in [1.165, 1.54) is 11.3 Å². The molecule has 0 fully saturated rings. The van der Waals surface area contributed by atoms with Crippen LogP contribution in [0.3, 0.4) is 0 Å². The highest BCUT2D eigenvalue weighted by molar-refractivity contribution is 7.09. The standard InChI is InChI=1S/C15H19NO3S/c1-2-13-14(12-6-4-3-5-7-12)16(15(18)20-13)8-10-19-11-9-17/h3-7,17H,2,8-11H2,1H3. The molecule has 0 aliphatic rings. The Bertz CT molecular complexity index is 589. The van der Waals surface area contributed by atoms with Crippen molar-refractivity contribution in [3.63, 3.8) is 0 Å². The minimum atomic E-state index is 0.00425. The molecule has 0 spiro atoms. The Kier molecular flexibility index (Phi) is 5.52. The number of hydrogen-bond acceptors (Lipinski definition) is 4. The van der Waals surface area contributed by atoms with Crippen LogP contribution in [0.25, 0.3) is 11.3 Å². The van der Waals surface area contributed by atoms with Crippen molar-refractivity contribution in [1.82, 2.24) is 4.57 Å². The predicted molar refractivity (Wildman–Crippen MR) is 81.3 cm³/mol. The summed E-state index contributed by atoms with van der Waals surface area (Å²) < 4.78 is 7.04. The topological polar surface area (TPSA) is 51.5 Å². The lowest BCUT2D eigenvalue weighted by Gasteiger charge is -2.10. The van der Waals surface area contributed by atoms with Gasteiger partial charge in [-0.1, -0.05) is 48.6 Å². The monoisotopic (exact) mass is 293 g/mol. The lowest BCUT2D eigenvalue weighted by Crippen LogP contribution is -2.18. The van der Waals surface area contributed by atoms with Crippen LogP contribution in [0.15, 0.2) is 35.1 Å². The van der Waals surface area contributed by atoms with Gasteiger partial charge < -0.3 is 9.84 Å². The van der Waals surface area contributed by atoms with E-state index in [-0.39, 0.29) is 11.5 Å². The second kappa shape index (κ2) is 7.38. The zero-order valence-corrected chi connectivity index (χ0v) is 12.4. The molecule has 20 heavy (non-hydrogen) atoms. The van der Waals surface area contributed by atoms with Crippen LogP contribution in [0.1, 0.15) is 11.8 Å². The van der Waals surface area contributed by atoms with Gasteiger partial charge in [0.1, 0.15) is 0 Å². The molecule has 0 saturated carbocycles. The maximum Gasteiger partial charge on any atom is 0.307 e. The number of hydrogen-bond donors (Lipinski definition) is 1. The number of aliphatic hydroxyl groups is 1. The Morgan fingerprint density at radius 1 is 1.25 bits per heavy atom. The Morgan fingerprint density at radius 2 is 2.00 bits per heavy atom. The van der Waals surface area contributed by atoms with Crippen LogP contribution in [-0.4, -0.2) is 29.5 Å². The van der Waals surface area contributed by atoms with Crippen LogP contribution in [0.4, 0.5) is 0 Å². The van der Waals surface area contributed by atoms with Crippen LogP contribution < -0.4 is 4.87 Å². The van der Waals surface area contributed by atoms with Crippen LogP contribution >= 0.6 is 11.3 Å². The van der Waals surface area contributed by atoms with Crippen molar-refractivity contribution < 1.29 is 9.84 Å². The Hall–Kier alpha value is -1.43. The van der Waals surface area contributed by atoms with Crippen LogP contribution in [0.2, 0.25) is 0 Å². The second-order valence-electron chi connectivity index (χ2n) is 4.35. The number of nitrogens with zero attached hydrogens (tertiary/aromatic N) is 1. The number of aliphatic hydroxyl groups excluding tert-OH is 1. The minimum absolute atomic E-state index is 0.00425. The van der Waals surface area contributed by atoms with Crippen LogP contribution in [0, 0.1) is 0 Å². The van der Waals surface area contributed by atoms with Gasteiger partial charge in [0, 0.05) is 4.88 Å². The molecule has 0 unspecified atom stereocenters. The van der Waals surface area contributed by atoms with E-state index in [9.17, 15) is 4.79 Å². The van der Waals surface area contributed by atoms with Crippen LogP contribution in [0.5, 0.6) is 0 Å². The molecule has 108 valence electrons. The molecule has 4 nitrogen and oxygen atoms in total. The average molecular weight is 293 g/mol. The number of aromatic nitrogens is 1. The highest BCUT2D eigenvalue weighted by atomic mass is 32.1. The van der Waals surface area contributed by atoms with Gasteiger partial charge in [-0.2, -0.15) is 0 Å². The normalized spacial score (nSPS) is 10.9. The molecule has 2 rings (SSSR count). The van der Waals surface area contributed by atoms with Gasteiger partial charge in [-0.3, -0.25) is 9.36 Å². The van der Waals surface area contributed by atoms with E-state index in [0.717, 1.165) is 22.6 Å². The van der Waals surface area contributed by atoms with Crippen molar-refractivity contribution in [3.05, 3.63) is 44.9 Å². The van der Waals surface area contributed by atoms with Gasteiger partial charge in [0.15, 0.2) is 0 Å². The second-order valence-corrected chi connectivity index (χ2v) is 5.39. The molecule has 1 aromatic carbocycles. The first-order valence-corrected chi connectivity index (χ1v) is 7.56. The summed E-state index contributed by atoms with van der Waals surface area (Å²) in [5.41, 5.74) is 2.06. The minimum Gasteiger partial charge on any atom is -0.394 e. The van der Waals surface area contributed by atoms with Gasteiger partial charge in [-0.15, -0.1) is 0 Å². The molecule has 0 amide bonds. The smallest absolute Gasteiger partial charge is 0.307 e. The van der Waals surface area contributed by atoms with Crippen molar-refractivity contribution in [1.29, 1.82) is 0 Å². The molecule has 1 N–H and O–H groups in total. The summed E-state index contributed by atoms with van der Waals surface area (Å²) in [5.74, 6) is 0. The van der Waals surface area contributed by atoms with E-state index < -0.39 is 0 Å². The summed E-state index contributed by atoms with van der Waals surface area (Å²) in [6.45, 7) is 3.31. The third kappa shape index (κ3) is 3.36. The molecule has 0 saturated heterocycles. The Morgan fingerprint density at radius 3 is 2.65 bits per heavy atom. The molecule has 0 atom stereocenters. The summed E-state index contributed by atoms with van der Waals surface area (Å²) in [5, 5.41) is 8.70. The molecule has 1 heterocycles. The predicted octanol–water partition coefficient (Wildman–Crippen LogP) is 2.15. The van der Waals surface area contributed by atoms with E-state index in [1.54, 1.807) is 4.57 Å². The summed E-state index contributed by atoms with van der Waals surface area (Å²) in [6, 6.07) is 9.96. The van der Waals surface area contributed by atoms with Gasteiger partial charge in [-0.05, 0) is 12.0 Å². The summed E-state index contributed by atoms with van der Waals surface area (Å²) in [4.78, 5) is 13.3. The first kappa shape index (κ1) is 15.0. The van der Waals surface area contributed by atoms with E-state index >= 15 is 0 Å². The van der Waals surface area contributed by atoms with E-state index in [1.807, 2.05) is 30.3 Å². The summed E-state index contributed by atoms with van der Waals surface area (Å²) in [6.07, 6.45) is 0.842. The highest BCUT2D eigenvalue weighted by Crippen LogP contribution is 2.26. The fourth-order valence-corrected chi connectivity index (χ4v) is 3.10. The first-order chi connectivity index (χ1) is 9.77. The number of ether oxygens (including phenoxy) is 1. The quantitative estimate of drug-likeness (QED) is 0.796. The van der Waals surface area contributed by atoms with Crippen molar-refractivity contribution in [2.45, 2.75) is 19.9 Å². The molecular formula is C15H19NO3S. The van der Waals surface area contributed by atoms with E-state index in [2.05, 4.69) is 6.92 Å².